The van der Waals surface area contributed by atoms with E-state index in [2.05, 4.69) is 25.7 Å². The van der Waals surface area contributed by atoms with Crippen molar-refractivity contribution in [2.24, 2.45) is 10.8 Å². The maximum absolute atomic E-state index is 13.1. The van der Waals surface area contributed by atoms with Crippen molar-refractivity contribution < 1.29 is 4.39 Å². The zero-order valence-corrected chi connectivity index (χ0v) is 10.4. The Kier molecular flexibility index (Phi) is 2.83. The van der Waals surface area contributed by atoms with E-state index in [4.69, 9.17) is 0 Å². The first-order valence-electron chi connectivity index (χ1n) is 6.25. The Balaban J connectivity index is 1.83. The van der Waals surface area contributed by atoms with Crippen LogP contribution in [0.2, 0.25) is 0 Å². The van der Waals surface area contributed by atoms with Crippen molar-refractivity contribution in [3.8, 4) is 0 Å². The van der Waals surface area contributed by atoms with Crippen LogP contribution >= 0.6 is 0 Å². The molecule has 1 saturated heterocycles. The highest BCUT2D eigenvalue weighted by Crippen LogP contribution is 2.53. The number of hydrogen-bond donors (Lipinski definition) is 0. The van der Waals surface area contributed by atoms with Crippen LogP contribution in [-0.4, -0.2) is 30.7 Å². The maximum Gasteiger partial charge on any atom is 0.114 e. The molecule has 0 aromatic heterocycles. The summed E-state index contributed by atoms with van der Waals surface area (Å²) in [6.07, 6.45) is 4.21. The van der Waals surface area contributed by atoms with E-state index in [0.717, 1.165) is 19.5 Å². The largest absolute Gasteiger partial charge is 0.300 e. The quantitative estimate of drug-likeness (QED) is 0.695. The summed E-state index contributed by atoms with van der Waals surface area (Å²) in [5.74, 6) is 0. The van der Waals surface area contributed by atoms with E-state index in [-0.39, 0.29) is 0 Å². The Hall–Kier alpha value is -0.110. The normalized spacial score (nSPS) is 30.8. The first-order valence-corrected chi connectivity index (χ1v) is 6.25. The van der Waals surface area contributed by atoms with Gasteiger partial charge in [0.15, 0.2) is 0 Å². The van der Waals surface area contributed by atoms with Crippen molar-refractivity contribution in [1.29, 1.82) is 0 Å². The molecule has 0 radical (unpaired) electrons. The Morgan fingerprint density at radius 3 is 2.40 bits per heavy atom. The van der Waals surface area contributed by atoms with Crippen LogP contribution in [0.5, 0.6) is 0 Å². The average Bonchev–Trinajstić information content (AvgIpc) is 2.64. The summed E-state index contributed by atoms with van der Waals surface area (Å²) in [4.78, 5) is 2.34. The van der Waals surface area contributed by atoms with Crippen molar-refractivity contribution in [3.05, 3.63) is 0 Å². The van der Waals surface area contributed by atoms with Crippen LogP contribution in [0.4, 0.5) is 4.39 Å². The molecule has 0 N–H and O–H groups in total. The minimum absolute atomic E-state index is 0.422. The molecule has 1 heterocycles. The number of hydrogen-bond acceptors (Lipinski definition) is 1. The van der Waals surface area contributed by atoms with Gasteiger partial charge in [0.2, 0.25) is 0 Å². The number of alkyl halides is 1. The first kappa shape index (κ1) is 11.4. The van der Waals surface area contributed by atoms with Gasteiger partial charge in [-0.15, -0.1) is 0 Å². The minimum atomic E-state index is -0.560. The van der Waals surface area contributed by atoms with Crippen LogP contribution in [-0.2, 0) is 0 Å². The van der Waals surface area contributed by atoms with Gasteiger partial charge in [-0.25, -0.2) is 4.39 Å². The lowest BCUT2D eigenvalue weighted by atomic mass is 9.82. The van der Waals surface area contributed by atoms with Gasteiger partial charge in [0.05, 0.1) is 0 Å². The second-order valence-corrected chi connectivity index (χ2v) is 6.86. The average molecular weight is 213 g/mol. The van der Waals surface area contributed by atoms with E-state index in [1.807, 2.05) is 0 Å². The number of likely N-dealkylation sites (tertiary alicyclic amines) is 1. The summed E-state index contributed by atoms with van der Waals surface area (Å²) in [6, 6.07) is 0. The number of nitrogens with zero attached hydrogens (tertiary/aromatic N) is 1. The lowest BCUT2D eigenvalue weighted by Crippen LogP contribution is -2.31. The molecule has 88 valence electrons. The molecule has 0 amide bonds. The fourth-order valence-corrected chi connectivity index (χ4v) is 3.10. The Labute approximate surface area is 93.0 Å². The maximum atomic E-state index is 13.1. The molecule has 0 spiro atoms. The van der Waals surface area contributed by atoms with Gasteiger partial charge in [0, 0.05) is 19.6 Å². The van der Waals surface area contributed by atoms with Crippen molar-refractivity contribution >= 4 is 0 Å². The van der Waals surface area contributed by atoms with Gasteiger partial charge in [-0.05, 0) is 36.5 Å². The highest BCUT2D eigenvalue weighted by atomic mass is 19.1. The second kappa shape index (κ2) is 3.73. The van der Waals surface area contributed by atoms with Crippen molar-refractivity contribution in [1.82, 2.24) is 4.90 Å². The van der Waals surface area contributed by atoms with E-state index in [1.54, 1.807) is 0 Å². The smallest absolute Gasteiger partial charge is 0.114 e. The van der Waals surface area contributed by atoms with Gasteiger partial charge in [0.1, 0.15) is 6.17 Å². The van der Waals surface area contributed by atoms with Gasteiger partial charge in [-0.2, -0.15) is 0 Å². The lowest BCUT2D eigenvalue weighted by molar-refractivity contribution is 0.191. The predicted molar refractivity (Wildman–Crippen MR) is 61.7 cm³/mol. The third-order valence-corrected chi connectivity index (χ3v) is 3.64. The minimum Gasteiger partial charge on any atom is -0.300 e. The number of rotatable bonds is 3. The van der Waals surface area contributed by atoms with Crippen LogP contribution in [0.1, 0.15) is 46.5 Å². The van der Waals surface area contributed by atoms with Gasteiger partial charge in [0.25, 0.3) is 0 Å². The van der Waals surface area contributed by atoms with E-state index in [9.17, 15) is 4.39 Å². The molecule has 2 rings (SSSR count). The van der Waals surface area contributed by atoms with Crippen LogP contribution in [0.15, 0.2) is 0 Å². The molecule has 0 aromatic rings. The van der Waals surface area contributed by atoms with E-state index < -0.39 is 6.17 Å². The molecule has 1 saturated carbocycles. The third kappa shape index (κ3) is 3.17. The molecule has 2 fully saturated rings. The molecule has 0 unspecified atom stereocenters. The molecule has 0 bridgehead atoms. The molecule has 2 aliphatic rings. The van der Waals surface area contributed by atoms with Crippen molar-refractivity contribution in [2.75, 3.05) is 19.6 Å². The molecule has 1 atom stereocenters. The highest BCUT2D eigenvalue weighted by Gasteiger charge is 2.46. The third-order valence-electron chi connectivity index (χ3n) is 3.64. The van der Waals surface area contributed by atoms with Gasteiger partial charge in [-0.1, -0.05) is 20.8 Å². The van der Waals surface area contributed by atoms with Crippen molar-refractivity contribution in [2.45, 2.75) is 52.6 Å². The molecule has 1 aliphatic carbocycles. The first-order chi connectivity index (χ1) is 6.89. The molecule has 1 aliphatic heterocycles. The molecule has 0 aromatic carbocycles. The molecular formula is C13H24FN. The molecule has 2 heteroatoms. The van der Waals surface area contributed by atoms with Gasteiger partial charge in [-0.3, -0.25) is 4.90 Å². The monoisotopic (exact) mass is 213 g/mol. The van der Waals surface area contributed by atoms with Gasteiger partial charge >= 0.3 is 0 Å². The Bertz CT molecular complexity index is 227. The fraction of sp³-hybridized carbons (Fsp3) is 1.00. The molecule has 1 nitrogen and oxygen atoms in total. The van der Waals surface area contributed by atoms with Crippen LogP contribution in [0.25, 0.3) is 0 Å². The van der Waals surface area contributed by atoms with Crippen molar-refractivity contribution in [3.63, 3.8) is 0 Å². The van der Waals surface area contributed by atoms with E-state index >= 15 is 0 Å². The fourth-order valence-electron chi connectivity index (χ4n) is 3.10. The highest BCUT2D eigenvalue weighted by molar-refractivity contribution is 4.99. The number of halogens is 1. The lowest BCUT2D eigenvalue weighted by Gasteiger charge is -2.29. The standard InChI is InChI=1S/C13H24FN/c1-12(2,3)9-13(5-6-13)10-15-7-4-11(14)8-15/h11H,4-10H2,1-3H3/t11-/m1/s1. The predicted octanol–water partition coefficient (Wildman–Crippen LogP) is 3.25. The zero-order valence-electron chi connectivity index (χ0n) is 10.4. The Morgan fingerprint density at radius 2 is 2.00 bits per heavy atom. The Morgan fingerprint density at radius 1 is 1.33 bits per heavy atom. The summed E-state index contributed by atoms with van der Waals surface area (Å²) in [7, 11) is 0. The van der Waals surface area contributed by atoms with E-state index in [0.29, 0.717) is 17.4 Å². The van der Waals surface area contributed by atoms with E-state index in [1.165, 1.54) is 19.3 Å². The van der Waals surface area contributed by atoms with Crippen LogP contribution < -0.4 is 0 Å². The van der Waals surface area contributed by atoms with Crippen LogP contribution in [0.3, 0.4) is 0 Å². The summed E-state index contributed by atoms with van der Waals surface area (Å²) in [5, 5.41) is 0. The topological polar surface area (TPSA) is 3.24 Å². The summed E-state index contributed by atoms with van der Waals surface area (Å²) in [5.41, 5.74) is 0.966. The summed E-state index contributed by atoms with van der Waals surface area (Å²) in [6.45, 7) is 9.75. The molecular weight excluding hydrogens is 189 g/mol. The SMILES string of the molecule is CC(C)(C)CC1(CN2CC[C@@H](F)C2)CC1. The second-order valence-electron chi connectivity index (χ2n) is 6.86. The summed E-state index contributed by atoms with van der Waals surface area (Å²) < 4.78 is 13.1. The summed E-state index contributed by atoms with van der Waals surface area (Å²) >= 11 is 0. The molecule has 15 heavy (non-hydrogen) atoms. The zero-order chi connectivity index (χ0) is 11.1. The van der Waals surface area contributed by atoms with Gasteiger partial charge < -0.3 is 0 Å². The van der Waals surface area contributed by atoms with Crippen LogP contribution in [0, 0.1) is 10.8 Å².